The summed E-state index contributed by atoms with van der Waals surface area (Å²) in [4.78, 5) is 20.1. The molecule has 0 radical (unpaired) electrons. The van der Waals surface area contributed by atoms with E-state index in [4.69, 9.17) is 14.2 Å². The molecule has 1 aromatic carbocycles. The molecular weight excluding hydrogens is 480 g/mol. The number of piperidine rings is 1. The van der Waals surface area contributed by atoms with Gasteiger partial charge in [0.1, 0.15) is 12.1 Å². The monoisotopic (exact) mass is 520 g/mol. The third kappa shape index (κ3) is 7.22. The molecule has 9 nitrogen and oxygen atoms in total. The Labute approximate surface area is 225 Å². The molecule has 9 heteroatoms. The van der Waals surface area contributed by atoms with E-state index < -0.39 is 0 Å². The van der Waals surface area contributed by atoms with E-state index >= 15 is 0 Å². The Balaban J connectivity index is 1.16. The first-order valence-electron chi connectivity index (χ1n) is 14.2. The lowest BCUT2D eigenvalue weighted by atomic mass is 10.0. The lowest BCUT2D eigenvalue weighted by Gasteiger charge is -2.26. The predicted octanol–water partition coefficient (Wildman–Crippen LogP) is 5.78. The molecule has 3 heterocycles. The van der Waals surface area contributed by atoms with Crippen molar-refractivity contribution in [3.05, 3.63) is 30.9 Å². The zero-order valence-corrected chi connectivity index (χ0v) is 22.5. The minimum absolute atomic E-state index is 0.401. The second-order valence-corrected chi connectivity index (χ2v) is 10.4. The summed E-state index contributed by atoms with van der Waals surface area (Å²) >= 11 is 0. The molecule has 0 unspecified atom stereocenters. The smallest absolute Gasteiger partial charge is 0.316 e. The lowest BCUT2D eigenvalue weighted by Crippen LogP contribution is -2.31. The predicted molar refractivity (Wildman–Crippen MR) is 148 cm³/mol. The summed E-state index contributed by atoms with van der Waals surface area (Å²) in [5.41, 5.74) is 1.50. The minimum atomic E-state index is 0.401. The molecule has 1 aliphatic carbocycles. The molecule has 1 N–H and O–H groups in total. The first-order valence-corrected chi connectivity index (χ1v) is 14.2. The molecule has 1 saturated heterocycles. The van der Waals surface area contributed by atoms with E-state index in [0.717, 1.165) is 41.9 Å². The molecule has 3 aromatic rings. The largest absolute Gasteiger partial charge is 0.493 e. The highest BCUT2D eigenvalue weighted by Crippen LogP contribution is 2.35. The molecule has 1 aliphatic heterocycles. The number of benzene rings is 1. The van der Waals surface area contributed by atoms with Gasteiger partial charge in [0.25, 0.3) is 0 Å². The highest BCUT2D eigenvalue weighted by molar-refractivity contribution is 5.92. The van der Waals surface area contributed by atoms with Crippen LogP contribution in [0.1, 0.15) is 64.2 Å². The van der Waals surface area contributed by atoms with Crippen LogP contribution in [-0.2, 0) is 0 Å². The number of rotatable bonds is 13. The van der Waals surface area contributed by atoms with Crippen LogP contribution in [0.4, 0.5) is 11.5 Å². The number of nitrogens with one attached hydrogen (secondary N) is 1. The van der Waals surface area contributed by atoms with Crippen molar-refractivity contribution >= 4 is 22.4 Å². The Kier molecular flexibility index (Phi) is 9.42. The van der Waals surface area contributed by atoms with Crippen molar-refractivity contribution in [1.82, 2.24) is 24.8 Å². The molecule has 0 bridgehead atoms. The molecule has 0 atom stereocenters. The number of fused-ring (bicyclic) bond motifs is 1. The number of hydrogen-bond donors (Lipinski definition) is 1. The highest BCUT2D eigenvalue weighted by atomic mass is 16.5. The van der Waals surface area contributed by atoms with E-state index in [0.29, 0.717) is 36.5 Å². The highest BCUT2D eigenvalue weighted by Gasteiger charge is 2.15. The lowest BCUT2D eigenvalue weighted by molar-refractivity contribution is 0.203. The summed E-state index contributed by atoms with van der Waals surface area (Å²) in [6.45, 7) is 4.77. The van der Waals surface area contributed by atoms with Crippen LogP contribution in [0.3, 0.4) is 0 Å². The van der Waals surface area contributed by atoms with Gasteiger partial charge in [0.15, 0.2) is 11.5 Å². The van der Waals surface area contributed by atoms with Crippen LogP contribution in [0.15, 0.2) is 30.9 Å². The summed E-state index contributed by atoms with van der Waals surface area (Å²) in [5.74, 6) is 2.88. The van der Waals surface area contributed by atoms with Crippen LogP contribution in [0.25, 0.3) is 10.9 Å². The molecule has 2 aromatic heterocycles. The number of hydrogen-bond acceptors (Lipinski definition) is 9. The van der Waals surface area contributed by atoms with E-state index in [1.165, 1.54) is 64.5 Å². The Morgan fingerprint density at radius 2 is 1.66 bits per heavy atom. The van der Waals surface area contributed by atoms with Crippen LogP contribution in [0.5, 0.6) is 17.5 Å². The maximum atomic E-state index is 6.10. The zero-order chi connectivity index (χ0) is 26.0. The van der Waals surface area contributed by atoms with Crippen molar-refractivity contribution in [2.24, 2.45) is 5.92 Å². The number of anilines is 2. The van der Waals surface area contributed by atoms with E-state index in [1.54, 1.807) is 25.8 Å². The topological polar surface area (TPSA) is 94.5 Å². The molecule has 0 amide bonds. The number of likely N-dealkylation sites (tertiary alicyclic amines) is 1. The Hall–Kier alpha value is -3.20. The average molecular weight is 521 g/mol. The number of ether oxygens (including phenoxy) is 3. The molecule has 2 aliphatic rings. The van der Waals surface area contributed by atoms with Gasteiger partial charge in [-0.1, -0.05) is 32.1 Å². The molecule has 1 saturated carbocycles. The van der Waals surface area contributed by atoms with E-state index in [9.17, 15) is 0 Å². The van der Waals surface area contributed by atoms with Crippen molar-refractivity contribution < 1.29 is 14.2 Å². The van der Waals surface area contributed by atoms with Crippen LogP contribution in [-0.4, -0.2) is 64.8 Å². The van der Waals surface area contributed by atoms with Crippen LogP contribution < -0.4 is 19.5 Å². The second-order valence-electron chi connectivity index (χ2n) is 10.4. The fraction of sp³-hybridized carbons (Fsp3) is 0.586. The number of methoxy groups -OCH3 is 1. The maximum absolute atomic E-state index is 6.10. The van der Waals surface area contributed by atoms with Crippen LogP contribution >= 0.6 is 0 Å². The molecule has 38 heavy (non-hydrogen) atoms. The average Bonchev–Trinajstić information content (AvgIpc) is 3.48. The number of aromatic nitrogens is 4. The van der Waals surface area contributed by atoms with Crippen molar-refractivity contribution in [3.8, 4) is 17.5 Å². The van der Waals surface area contributed by atoms with E-state index in [2.05, 4.69) is 30.2 Å². The molecule has 2 fully saturated rings. The van der Waals surface area contributed by atoms with Gasteiger partial charge in [0.05, 0.1) is 43.9 Å². The normalized spacial score (nSPS) is 16.6. The first-order chi connectivity index (χ1) is 18.8. The van der Waals surface area contributed by atoms with Crippen LogP contribution in [0, 0.1) is 5.92 Å². The minimum Gasteiger partial charge on any atom is -0.493 e. The first kappa shape index (κ1) is 26.4. The fourth-order valence-electron chi connectivity index (χ4n) is 5.52. The third-order valence-electron chi connectivity index (χ3n) is 7.60. The van der Waals surface area contributed by atoms with Gasteiger partial charge >= 0.3 is 6.01 Å². The number of nitrogens with zero attached hydrogens (tertiary/aromatic N) is 5. The molecular formula is C29H40N6O3. The van der Waals surface area contributed by atoms with Crippen molar-refractivity contribution in [1.29, 1.82) is 0 Å². The van der Waals surface area contributed by atoms with Gasteiger partial charge in [-0.3, -0.25) is 0 Å². The van der Waals surface area contributed by atoms with Crippen molar-refractivity contribution in [2.45, 2.75) is 64.2 Å². The Morgan fingerprint density at radius 1 is 0.868 bits per heavy atom. The quantitative estimate of drug-likeness (QED) is 0.282. The van der Waals surface area contributed by atoms with Crippen molar-refractivity contribution in [2.75, 3.05) is 45.3 Å². The molecule has 5 rings (SSSR count). The SMILES string of the molecule is COc1cc2c(Nc3cnc(OCCCC4CCCC4)nc3)ncnc2cc1OCCCN1CCCCC1. The fourth-order valence-corrected chi connectivity index (χ4v) is 5.52. The van der Waals surface area contributed by atoms with Gasteiger partial charge in [-0.2, -0.15) is 0 Å². The van der Waals surface area contributed by atoms with Gasteiger partial charge in [0, 0.05) is 18.0 Å². The standard InChI is InChI=1S/C29H40N6O3/c1-36-26-17-24-25(18-27(26)37-16-8-14-35-12-5-2-6-13-35)32-21-33-28(24)34-23-19-30-29(31-20-23)38-15-7-11-22-9-3-4-10-22/h17-22H,2-16H2,1H3,(H,32,33,34). The summed E-state index contributed by atoms with van der Waals surface area (Å²) in [6.07, 6.45) is 17.7. The molecule has 204 valence electrons. The molecule has 0 spiro atoms. The van der Waals surface area contributed by atoms with Gasteiger partial charge in [-0.15, -0.1) is 0 Å². The summed E-state index contributed by atoms with van der Waals surface area (Å²) in [6, 6.07) is 4.24. The van der Waals surface area contributed by atoms with Crippen LogP contribution in [0.2, 0.25) is 0 Å². The van der Waals surface area contributed by atoms with Gasteiger partial charge in [0.2, 0.25) is 0 Å². The maximum Gasteiger partial charge on any atom is 0.316 e. The summed E-state index contributed by atoms with van der Waals surface area (Å²) < 4.78 is 17.5. The third-order valence-corrected chi connectivity index (χ3v) is 7.60. The van der Waals surface area contributed by atoms with E-state index in [-0.39, 0.29) is 0 Å². The summed E-state index contributed by atoms with van der Waals surface area (Å²) in [7, 11) is 1.65. The second kappa shape index (κ2) is 13.6. The van der Waals surface area contributed by atoms with Gasteiger partial charge < -0.3 is 24.4 Å². The van der Waals surface area contributed by atoms with E-state index in [1.807, 2.05) is 12.1 Å². The van der Waals surface area contributed by atoms with Crippen molar-refractivity contribution in [3.63, 3.8) is 0 Å². The zero-order valence-electron chi connectivity index (χ0n) is 22.5. The Bertz CT molecular complexity index is 1150. The van der Waals surface area contributed by atoms with Gasteiger partial charge in [-0.05, 0) is 57.2 Å². The van der Waals surface area contributed by atoms with Gasteiger partial charge in [-0.25, -0.2) is 19.9 Å². The summed E-state index contributed by atoms with van der Waals surface area (Å²) in [5, 5.41) is 4.14. The Morgan fingerprint density at radius 3 is 2.45 bits per heavy atom.